The third-order valence-corrected chi connectivity index (χ3v) is 5.30. The van der Waals surface area contributed by atoms with Crippen molar-refractivity contribution in [3.8, 4) is 5.69 Å². The normalized spacial score (nSPS) is 17.7. The average molecular weight is 379 g/mol. The van der Waals surface area contributed by atoms with E-state index in [9.17, 15) is 4.79 Å². The van der Waals surface area contributed by atoms with Crippen LogP contribution in [-0.2, 0) is 17.8 Å². The summed E-state index contributed by atoms with van der Waals surface area (Å²) in [5.74, 6) is 0.518. The number of fused-ring (bicyclic) bond motifs is 1. The second-order valence-corrected chi connectivity index (χ2v) is 7.24. The molecule has 0 bridgehead atoms. The summed E-state index contributed by atoms with van der Waals surface area (Å²) >= 11 is 0. The lowest BCUT2D eigenvalue weighted by Gasteiger charge is -2.32. The molecule has 0 atom stereocenters. The van der Waals surface area contributed by atoms with Crippen molar-refractivity contribution in [1.82, 2.24) is 24.6 Å². The Morgan fingerprint density at radius 1 is 1.21 bits per heavy atom. The summed E-state index contributed by atoms with van der Waals surface area (Å²) in [5, 5.41) is 4.26. The maximum atomic E-state index is 12.2. The van der Waals surface area contributed by atoms with Gasteiger partial charge >= 0.3 is 0 Å². The molecule has 0 saturated carbocycles. The van der Waals surface area contributed by atoms with Gasteiger partial charge in [0, 0.05) is 50.7 Å². The third kappa shape index (κ3) is 3.45. The first-order chi connectivity index (χ1) is 13.5. The number of carbonyl (C=O) groups is 1. The van der Waals surface area contributed by atoms with Gasteiger partial charge in [0.05, 0.1) is 17.6 Å². The molecule has 2 aromatic rings. The first kappa shape index (κ1) is 18.1. The number of aromatic nitrogens is 3. The number of hydrogen-bond acceptors (Lipinski definition) is 6. The van der Waals surface area contributed by atoms with Crippen molar-refractivity contribution >= 4 is 5.91 Å². The topological polar surface area (TPSA) is 106 Å². The SMILES string of the molecule is CC(/C=C(\N)C(=O)N1CCC1)=C(/N)N1CCc2ncc(-n3cccn3)cc2C1. The molecule has 28 heavy (non-hydrogen) atoms. The molecule has 0 radical (unpaired) electrons. The van der Waals surface area contributed by atoms with Gasteiger partial charge in [0.15, 0.2) is 0 Å². The smallest absolute Gasteiger partial charge is 0.269 e. The first-order valence-electron chi connectivity index (χ1n) is 9.48. The average Bonchev–Trinajstić information content (AvgIpc) is 3.19. The van der Waals surface area contributed by atoms with Gasteiger partial charge in [-0.05, 0) is 42.7 Å². The Morgan fingerprint density at radius 3 is 2.71 bits per heavy atom. The van der Waals surface area contributed by atoms with E-state index in [2.05, 4.69) is 21.0 Å². The molecule has 2 aliphatic heterocycles. The molecule has 0 aliphatic carbocycles. The van der Waals surface area contributed by atoms with Crippen molar-refractivity contribution in [2.75, 3.05) is 19.6 Å². The summed E-state index contributed by atoms with van der Waals surface area (Å²) in [7, 11) is 0. The van der Waals surface area contributed by atoms with Crippen molar-refractivity contribution in [2.24, 2.45) is 11.5 Å². The zero-order valence-electron chi connectivity index (χ0n) is 16.0. The Morgan fingerprint density at radius 2 is 2.04 bits per heavy atom. The number of allylic oxidation sites excluding steroid dienone is 2. The lowest BCUT2D eigenvalue weighted by atomic mass is 10.0. The summed E-state index contributed by atoms with van der Waals surface area (Å²) in [6, 6.07) is 3.98. The highest BCUT2D eigenvalue weighted by Crippen LogP contribution is 2.22. The number of hydrogen-bond donors (Lipinski definition) is 2. The highest BCUT2D eigenvalue weighted by Gasteiger charge is 2.23. The number of rotatable bonds is 4. The van der Waals surface area contributed by atoms with Gasteiger partial charge in [-0.25, -0.2) is 4.68 Å². The highest BCUT2D eigenvalue weighted by molar-refractivity contribution is 5.93. The van der Waals surface area contributed by atoms with Gasteiger partial charge in [-0.2, -0.15) is 5.10 Å². The molecule has 0 aromatic carbocycles. The number of likely N-dealkylation sites (tertiary alicyclic amines) is 1. The van der Waals surface area contributed by atoms with E-state index in [-0.39, 0.29) is 11.6 Å². The van der Waals surface area contributed by atoms with Crippen molar-refractivity contribution in [1.29, 1.82) is 0 Å². The molecule has 8 heteroatoms. The molecule has 0 spiro atoms. The van der Waals surface area contributed by atoms with E-state index < -0.39 is 0 Å². The van der Waals surface area contributed by atoms with Crippen LogP contribution in [-0.4, -0.2) is 50.1 Å². The summed E-state index contributed by atoms with van der Waals surface area (Å²) < 4.78 is 1.79. The monoisotopic (exact) mass is 379 g/mol. The van der Waals surface area contributed by atoms with Crippen molar-refractivity contribution in [3.05, 3.63) is 65.1 Å². The van der Waals surface area contributed by atoms with E-state index in [1.165, 1.54) is 0 Å². The molecule has 1 amide bonds. The number of pyridine rings is 1. The molecule has 1 saturated heterocycles. The quantitative estimate of drug-likeness (QED) is 0.604. The summed E-state index contributed by atoms with van der Waals surface area (Å²) in [6.07, 6.45) is 9.02. The number of amides is 1. The summed E-state index contributed by atoms with van der Waals surface area (Å²) in [4.78, 5) is 20.7. The molecule has 4 rings (SSSR count). The number of nitrogens with two attached hydrogens (primary N) is 2. The fourth-order valence-corrected chi connectivity index (χ4v) is 3.49. The molecule has 2 aromatic heterocycles. The molecular formula is C20H25N7O. The van der Waals surface area contributed by atoms with Crippen LogP contribution >= 0.6 is 0 Å². The van der Waals surface area contributed by atoms with Crippen LogP contribution in [0.5, 0.6) is 0 Å². The molecule has 2 aliphatic rings. The minimum absolute atomic E-state index is 0.115. The van der Waals surface area contributed by atoms with Crippen LogP contribution in [0.15, 0.2) is 53.9 Å². The van der Waals surface area contributed by atoms with Gasteiger partial charge < -0.3 is 21.3 Å². The van der Waals surface area contributed by atoms with E-state index in [4.69, 9.17) is 11.5 Å². The fraction of sp³-hybridized carbons (Fsp3) is 0.350. The van der Waals surface area contributed by atoms with Gasteiger partial charge in [0.1, 0.15) is 5.82 Å². The zero-order valence-corrected chi connectivity index (χ0v) is 16.0. The maximum Gasteiger partial charge on any atom is 0.269 e. The number of carbonyl (C=O) groups excluding carboxylic acids is 1. The lowest BCUT2D eigenvalue weighted by Crippen LogP contribution is -2.44. The van der Waals surface area contributed by atoms with Crippen LogP contribution in [0.25, 0.3) is 5.69 Å². The van der Waals surface area contributed by atoms with Gasteiger partial charge in [-0.3, -0.25) is 9.78 Å². The van der Waals surface area contributed by atoms with Gasteiger partial charge in [0.2, 0.25) is 0 Å². The van der Waals surface area contributed by atoms with E-state index >= 15 is 0 Å². The van der Waals surface area contributed by atoms with E-state index in [0.29, 0.717) is 12.4 Å². The van der Waals surface area contributed by atoms with Gasteiger partial charge in [-0.15, -0.1) is 0 Å². The van der Waals surface area contributed by atoms with E-state index in [1.807, 2.05) is 25.4 Å². The Kier molecular flexibility index (Phi) is 4.77. The van der Waals surface area contributed by atoms with Gasteiger partial charge in [0.25, 0.3) is 5.91 Å². The molecule has 8 nitrogen and oxygen atoms in total. The Bertz CT molecular complexity index is 941. The van der Waals surface area contributed by atoms with Crippen molar-refractivity contribution < 1.29 is 4.79 Å². The summed E-state index contributed by atoms with van der Waals surface area (Å²) in [6.45, 7) is 4.88. The molecular weight excluding hydrogens is 354 g/mol. The highest BCUT2D eigenvalue weighted by atomic mass is 16.2. The molecule has 146 valence electrons. The molecule has 0 unspecified atom stereocenters. The van der Waals surface area contributed by atoms with Gasteiger partial charge in [-0.1, -0.05) is 0 Å². The Labute approximate surface area is 164 Å². The molecule has 4 heterocycles. The lowest BCUT2D eigenvalue weighted by molar-refractivity contribution is -0.130. The third-order valence-electron chi connectivity index (χ3n) is 5.30. The Hall–Kier alpha value is -3.29. The maximum absolute atomic E-state index is 12.2. The summed E-state index contributed by atoms with van der Waals surface area (Å²) in [5.41, 5.74) is 16.6. The van der Waals surface area contributed by atoms with Crippen LogP contribution in [0, 0.1) is 0 Å². The van der Waals surface area contributed by atoms with Crippen molar-refractivity contribution in [2.45, 2.75) is 26.3 Å². The predicted molar refractivity (Wildman–Crippen MR) is 106 cm³/mol. The van der Waals surface area contributed by atoms with Crippen LogP contribution in [0.3, 0.4) is 0 Å². The minimum Gasteiger partial charge on any atom is -0.394 e. The first-order valence-corrected chi connectivity index (χ1v) is 9.48. The van der Waals surface area contributed by atoms with Crippen LogP contribution in [0.4, 0.5) is 0 Å². The van der Waals surface area contributed by atoms with Crippen LogP contribution < -0.4 is 11.5 Å². The fourth-order valence-electron chi connectivity index (χ4n) is 3.49. The zero-order chi connectivity index (χ0) is 19.7. The largest absolute Gasteiger partial charge is 0.394 e. The van der Waals surface area contributed by atoms with E-state index in [1.54, 1.807) is 21.9 Å². The van der Waals surface area contributed by atoms with Crippen LogP contribution in [0.1, 0.15) is 24.6 Å². The van der Waals surface area contributed by atoms with Crippen molar-refractivity contribution in [3.63, 3.8) is 0 Å². The standard InChI is InChI=1S/C20H25N7O/c1-14(10-17(21)20(28)25-6-3-7-25)19(22)26-9-4-18-15(13-26)11-16(12-23-18)27-8-2-5-24-27/h2,5,8,10-12H,3-4,6-7,9,13,21-22H2,1H3/b17-10-,19-14+. The van der Waals surface area contributed by atoms with E-state index in [0.717, 1.165) is 55.0 Å². The van der Waals surface area contributed by atoms with Crippen LogP contribution in [0.2, 0.25) is 0 Å². The Balaban J connectivity index is 1.53. The second kappa shape index (κ2) is 7.38. The predicted octanol–water partition coefficient (Wildman–Crippen LogP) is 0.891. The minimum atomic E-state index is -0.115. The second-order valence-electron chi connectivity index (χ2n) is 7.24. The molecule has 4 N–H and O–H groups in total. The molecule has 1 fully saturated rings. The number of nitrogens with zero attached hydrogens (tertiary/aromatic N) is 5.